The highest BCUT2D eigenvalue weighted by molar-refractivity contribution is 5.33. The van der Waals surface area contributed by atoms with Gasteiger partial charge in [0.2, 0.25) is 0 Å². The first-order chi connectivity index (χ1) is 5.75. The van der Waals surface area contributed by atoms with E-state index in [0.717, 1.165) is 5.57 Å². The molecule has 0 aliphatic heterocycles. The Kier molecular flexibility index (Phi) is 2.36. The fourth-order valence-corrected chi connectivity index (χ4v) is 1.48. The van der Waals surface area contributed by atoms with E-state index in [4.69, 9.17) is 11.5 Å². The summed E-state index contributed by atoms with van der Waals surface area (Å²) in [4.78, 5) is 0. The summed E-state index contributed by atoms with van der Waals surface area (Å²) in [7, 11) is 0. The first-order valence-corrected chi connectivity index (χ1v) is 4.42. The predicted octanol–water partition coefficient (Wildman–Crippen LogP) is 0.503. The third-order valence-corrected chi connectivity index (χ3v) is 2.34. The minimum atomic E-state index is -1.41. The van der Waals surface area contributed by atoms with Crippen molar-refractivity contribution in [2.24, 2.45) is 16.9 Å². The zero-order chi connectivity index (χ0) is 10.3. The Morgan fingerprint density at radius 2 is 2.00 bits per heavy atom. The van der Waals surface area contributed by atoms with Crippen LogP contribution in [0.5, 0.6) is 0 Å². The summed E-state index contributed by atoms with van der Waals surface area (Å²) in [6.45, 7) is 6.15. The van der Waals surface area contributed by atoms with Gasteiger partial charge in [0.25, 0.3) is 0 Å². The maximum Gasteiger partial charge on any atom is 0.152 e. The van der Waals surface area contributed by atoms with Crippen LogP contribution < -0.4 is 11.5 Å². The largest absolute Gasteiger partial charge is 0.370 e. The first kappa shape index (κ1) is 10.4. The lowest BCUT2D eigenvalue weighted by molar-refractivity contribution is 0.0732. The number of nitrogens with two attached hydrogens (primary N) is 2. The molecule has 0 spiro atoms. The average molecular weight is 182 g/mol. The van der Waals surface area contributed by atoms with E-state index in [-0.39, 0.29) is 5.41 Å². The zero-order valence-electron chi connectivity index (χ0n) is 8.41. The molecule has 1 aliphatic carbocycles. The van der Waals surface area contributed by atoms with Crippen LogP contribution >= 0.6 is 0 Å². The molecule has 0 bridgehead atoms. The molecule has 1 rings (SSSR count). The van der Waals surface area contributed by atoms with Crippen molar-refractivity contribution in [1.29, 1.82) is 0 Å². The first-order valence-electron chi connectivity index (χ1n) is 4.42. The second-order valence-corrected chi connectivity index (χ2v) is 4.60. The zero-order valence-corrected chi connectivity index (χ0v) is 8.41. The molecule has 74 valence electrons. The van der Waals surface area contributed by atoms with E-state index < -0.39 is 11.8 Å². The van der Waals surface area contributed by atoms with Gasteiger partial charge in [0.15, 0.2) is 5.72 Å². The lowest BCUT2D eigenvalue weighted by Crippen LogP contribution is -2.57. The Labute approximate surface area is 79.1 Å². The molecule has 3 heteroatoms. The fraction of sp³-hybridized carbons (Fsp3) is 0.600. The number of rotatable bonds is 0. The maximum absolute atomic E-state index is 9.70. The van der Waals surface area contributed by atoms with Gasteiger partial charge in [0.05, 0.1) is 6.04 Å². The van der Waals surface area contributed by atoms with Crippen LogP contribution in [-0.4, -0.2) is 16.9 Å². The van der Waals surface area contributed by atoms with E-state index in [0.29, 0.717) is 0 Å². The number of aliphatic hydroxyl groups is 1. The van der Waals surface area contributed by atoms with Gasteiger partial charge in [-0.25, -0.2) is 0 Å². The van der Waals surface area contributed by atoms with Crippen LogP contribution in [0.2, 0.25) is 0 Å². The summed E-state index contributed by atoms with van der Waals surface area (Å²) in [5.74, 6) is 0. The van der Waals surface area contributed by atoms with E-state index in [2.05, 4.69) is 0 Å². The van der Waals surface area contributed by atoms with Crippen LogP contribution in [0.15, 0.2) is 23.8 Å². The van der Waals surface area contributed by atoms with Gasteiger partial charge in [0.1, 0.15) is 0 Å². The molecular formula is C10H18N2O. The topological polar surface area (TPSA) is 72.3 Å². The molecule has 0 amide bonds. The van der Waals surface area contributed by atoms with Crippen molar-refractivity contribution < 1.29 is 5.11 Å². The number of hydrogen-bond acceptors (Lipinski definition) is 3. The van der Waals surface area contributed by atoms with E-state index >= 15 is 0 Å². The summed E-state index contributed by atoms with van der Waals surface area (Å²) in [6.07, 6.45) is 5.20. The average Bonchev–Trinajstić information content (AvgIpc) is 1.92. The number of hydrogen-bond donors (Lipinski definition) is 3. The molecule has 13 heavy (non-hydrogen) atoms. The third kappa shape index (κ3) is 1.99. The minimum Gasteiger partial charge on any atom is -0.370 e. The van der Waals surface area contributed by atoms with Crippen molar-refractivity contribution in [3.05, 3.63) is 23.8 Å². The Morgan fingerprint density at radius 3 is 2.38 bits per heavy atom. The highest BCUT2D eigenvalue weighted by Crippen LogP contribution is 2.32. The molecule has 0 aromatic carbocycles. The molecule has 0 saturated carbocycles. The van der Waals surface area contributed by atoms with E-state index in [9.17, 15) is 5.11 Å². The molecule has 0 radical (unpaired) electrons. The SMILES string of the molecule is CC(C)(C)C1=CC=CC(N)(O)C1N. The molecule has 5 N–H and O–H groups in total. The lowest BCUT2D eigenvalue weighted by atomic mass is 9.76. The van der Waals surface area contributed by atoms with Crippen LogP contribution in [0.1, 0.15) is 20.8 Å². The van der Waals surface area contributed by atoms with Crippen LogP contribution in [0, 0.1) is 5.41 Å². The van der Waals surface area contributed by atoms with Crippen LogP contribution in [0.3, 0.4) is 0 Å². The highest BCUT2D eigenvalue weighted by atomic mass is 16.3. The van der Waals surface area contributed by atoms with E-state index in [1.54, 1.807) is 6.08 Å². The summed E-state index contributed by atoms with van der Waals surface area (Å²) >= 11 is 0. The summed E-state index contributed by atoms with van der Waals surface area (Å²) < 4.78 is 0. The Balaban J connectivity index is 3.02. The summed E-state index contributed by atoms with van der Waals surface area (Å²) in [6, 6.07) is -0.516. The van der Waals surface area contributed by atoms with Crippen molar-refractivity contribution in [3.8, 4) is 0 Å². The van der Waals surface area contributed by atoms with Gasteiger partial charge < -0.3 is 10.8 Å². The van der Waals surface area contributed by atoms with Gasteiger partial charge in [-0.3, -0.25) is 5.73 Å². The molecule has 0 saturated heterocycles. The van der Waals surface area contributed by atoms with Crippen molar-refractivity contribution >= 4 is 0 Å². The molecule has 3 nitrogen and oxygen atoms in total. The quantitative estimate of drug-likeness (QED) is 0.478. The van der Waals surface area contributed by atoms with Gasteiger partial charge in [-0.15, -0.1) is 0 Å². The Morgan fingerprint density at radius 1 is 1.46 bits per heavy atom. The normalized spacial score (nSPS) is 34.6. The second kappa shape index (κ2) is 2.94. The molecule has 0 heterocycles. The van der Waals surface area contributed by atoms with Crippen molar-refractivity contribution in [2.45, 2.75) is 32.5 Å². The van der Waals surface area contributed by atoms with E-state index in [1.807, 2.05) is 26.8 Å². The number of allylic oxidation sites excluding steroid dienone is 2. The second-order valence-electron chi connectivity index (χ2n) is 4.60. The lowest BCUT2D eigenvalue weighted by Gasteiger charge is -2.37. The van der Waals surface area contributed by atoms with Crippen molar-refractivity contribution in [2.75, 3.05) is 0 Å². The van der Waals surface area contributed by atoms with Gasteiger partial charge in [-0.2, -0.15) is 0 Å². The van der Waals surface area contributed by atoms with Gasteiger partial charge >= 0.3 is 0 Å². The molecular weight excluding hydrogens is 164 g/mol. The van der Waals surface area contributed by atoms with Crippen LogP contribution in [0.4, 0.5) is 0 Å². The van der Waals surface area contributed by atoms with Gasteiger partial charge in [0, 0.05) is 0 Å². The predicted molar refractivity (Wildman–Crippen MR) is 53.8 cm³/mol. The van der Waals surface area contributed by atoms with Crippen LogP contribution in [0.25, 0.3) is 0 Å². The molecule has 0 aromatic heterocycles. The van der Waals surface area contributed by atoms with Gasteiger partial charge in [-0.1, -0.05) is 32.9 Å². The van der Waals surface area contributed by atoms with Gasteiger partial charge in [-0.05, 0) is 17.1 Å². The molecule has 0 aromatic rings. The smallest absolute Gasteiger partial charge is 0.152 e. The van der Waals surface area contributed by atoms with Crippen molar-refractivity contribution in [1.82, 2.24) is 0 Å². The van der Waals surface area contributed by atoms with Crippen molar-refractivity contribution in [3.63, 3.8) is 0 Å². The monoisotopic (exact) mass is 182 g/mol. The van der Waals surface area contributed by atoms with E-state index in [1.165, 1.54) is 6.08 Å². The highest BCUT2D eigenvalue weighted by Gasteiger charge is 2.36. The summed E-state index contributed by atoms with van der Waals surface area (Å²) in [5.41, 5.74) is 11.0. The summed E-state index contributed by atoms with van der Waals surface area (Å²) in [5, 5.41) is 9.70. The third-order valence-electron chi connectivity index (χ3n) is 2.34. The molecule has 2 unspecified atom stereocenters. The standard InChI is InChI=1S/C10H18N2O/c1-9(2,3)7-5-4-6-10(12,13)8(7)11/h4-6,8,13H,11-12H2,1-3H3. The Hall–Kier alpha value is -0.640. The molecule has 0 fully saturated rings. The maximum atomic E-state index is 9.70. The fourth-order valence-electron chi connectivity index (χ4n) is 1.48. The minimum absolute atomic E-state index is 0.0580. The molecule has 2 atom stereocenters. The van der Waals surface area contributed by atoms with Crippen LogP contribution in [-0.2, 0) is 0 Å². The molecule has 1 aliphatic rings. The Bertz CT molecular complexity index is 259.